The lowest BCUT2D eigenvalue weighted by atomic mass is 10.1. The Balaban J connectivity index is 1.41. The second-order valence-electron chi connectivity index (χ2n) is 13.4. The second kappa shape index (κ2) is 19.1. The van der Waals surface area contributed by atoms with Crippen LogP contribution in [-0.2, 0) is 32.1 Å². The van der Waals surface area contributed by atoms with Crippen molar-refractivity contribution in [3.8, 4) is 11.5 Å². The highest BCUT2D eigenvalue weighted by molar-refractivity contribution is 6.01. The van der Waals surface area contributed by atoms with Crippen LogP contribution in [-0.4, -0.2) is 91.3 Å². The van der Waals surface area contributed by atoms with E-state index in [1.807, 2.05) is 92.7 Å². The van der Waals surface area contributed by atoms with Gasteiger partial charge in [0.25, 0.3) is 5.91 Å². The Morgan fingerprint density at radius 2 is 1.52 bits per heavy atom. The van der Waals surface area contributed by atoms with Crippen molar-refractivity contribution in [3.05, 3.63) is 131 Å². The van der Waals surface area contributed by atoms with Crippen molar-refractivity contribution >= 4 is 29.5 Å². The van der Waals surface area contributed by atoms with Crippen LogP contribution in [0.3, 0.4) is 0 Å². The fourth-order valence-corrected chi connectivity index (χ4v) is 6.09. The van der Waals surface area contributed by atoms with Gasteiger partial charge in [0.05, 0.1) is 31.1 Å². The Labute approximate surface area is 315 Å². The van der Waals surface area contributed by atoms with Gasteiger partial charge in [0, 0.05) is 13.6 Å². The molecule has 54 heavy (non-hydrogen) atoms. The van der Waals surface area contributed by atoms with Crippen molar-refractivity contribution in [2.75, 3.05) is 39.9 Å². The van der Waals surface area contributed by atoms with Gasteiger partial charge < -0.3 is 35.2 Å². The van der Waals surface area contributed by atoms with Crippen LogP contribution in [0.2, 0.25) is 0 Å². The van der Waals surface area contributed by atoms with E-state index in [0.717, 1.165) is 22.3 Å². The van der Waals surface area contributed by atoms with Gasteiger partial charge in [-0.05, 0) is 55.2 Å². The van der Waals surface area contributed by atoms with Crippen molar-refractivity contribution in [1.29, 1.82) is 0 Å². The third kappa shape index (κ3) is 11.4. The van der Waals surface area contributed by atoms with Crippen LogP contribution < -0.4 is 25.4 Å². The molecule has 0 aromatic heterocycles. The Bertz CT molecular complexity index is 1920. The third-order valence-electron chi connectivity index (χ3n) is 8.95. The van der Waals surface area contributed by atoms with E-state index < -0.39 is 48.0 Å². The minimum Gasteiger partial charge on any atom is -0.491 e. The first-order valence-electron chi connectivity index (χ1n) is 17.9. The standard InChI is InChI=1S/C42H47N5O7/c1-29-18-19-36(30(2)22-29)53-21-20-43-42(52)35-24-39(49)47(25-32-14-8-5-9-15-32)27-40(50)46(3)26-38(48)44-33(23-31-12-6-4-7-13-31)28-54-37-17-11-10-16-34(37)41(51)45-35/h4-19,22,33,35H,20-21,23-28H2,1-3H3,(H,43,52)(H,44,48)(H,45,51)/t33-,35+/m1/s1. The molecule has 282 valence electrons. The van der Waals surface area contributed by atoms with E-state index >= 15 is 0 Å². The van der Waals surface area contributed by atoms with E-state index in [1.165, 1.54) is 16.8 Å². The molecule has 0 saturated heterocycles. The summed E-state index contributed by atoms with van der Waals surface area (Å²) in [6, 6.07) is 29.2. The van der Waals surface area contributed by atoms with Crippen molar-refractivity contribution in [1.82, 2.24) is 25.8 Å². The predicted molar refractivity (Wildman–Crippen MR) is 204 cm³/mol. The minimum atomic E-state index is -1.31. The number of carbonyl (C=O) groups excluding carboxylic acids is 5. The number of benzene rings is 4. The van der Waals surface area contributed by atoms with Gasteiger partial charge in [0.2, 0.25) is 23.6 Å². The molecule has 4 aromatic rings. The number of amides is 5. The van der Waals surface area contributed by atoms with Crippen LogP contribution >= 0.6 is 0 Å². The molecule has 1 aliphatic heterocycles. The molecule has 0 saturated carbocycles. The number of para-hydroxylation sites is 1. The molecule has 1 aliphatic rings. The Morgan fingerprint density at radius 3 is 2.24 bits per heavy atom. The summed E-state index contributed by atoms with van der Waals surface area (Å²) in [6.45, 7) is 3.64. The molecular formula is C42H47N5O7. The summed E-state index contributed by atoms with van der Waals surface area (Å²) in [5.74, 6) is -1.75. The molecule has 2 atom stereocenters. The maximum atomic E-state index is 14.0. The average Bonchev–Trinajstić information content (AvgIpc) is 3.16. The largest absolute Gasteiger partial charge is 0.491 e. The first-order chi connectivity index (χ1) is 26.0. The number of nitrogens with zero attached hydrogens (tertiary/aromatic N) is 2. The molecule has 0 aliphatic carbocycles. The van der Waals surface area contributed by atoms with Crippen LogP contribution in [0, 0.1) is 13.8 Å². The lowest BCUT2D eigenvalue weighted by Gasteiger charge is -2.27. The number of fused-ring (bicyclic) bond motifs is 1. The molecule has 1 heterocycles. The number of likely N-dealkylation sites (N-methyl/N-ethyl adjacent to an activating group) is 1. The lowest BCUT2D eigenvalue weighted by molar-refractivity contribution is -0.142. The molecule has 12 nitrogen and oxygen atoms in total. The number of aryl methyl sites for hydroxylation is 2. The smallest absolute Gasteiger partial charge is 0.255 e. The number of nitrogens with one attached hydrogen (secondary N) is 3. The molecule has 5 rings (SSSR count). The van der Waals surface area contributed by atoms with Crippen LogP contribution in [0.5, 0.6) is 11.5 Å². The molecule has 0 unspecified atom stereocenters. The van der Waals surface area contributed by atoms with Crippen LogP contribution in [0.1, 0.15) is 39.0 Å². The van der Waals surface area contributed by atoms with Gasteiger partial charge in [-0.3, -0.25) is 24.0 Å². The number of rotatable bonds is 9. The molecule has 0 fully saturated rings. The van der Waals surface area contributed by atoms with E-state index in [-0.39, 0.29) is 50.7 Å². The zero-order chi connectivity index (χ0) is 38.5. The summed E-state index contributed by atoms with van der Waals surface area (Å²) in [4.78, 5) is 71.1. The van der Waals surface area contributed by atoms with Crippen molar-refractivity contribution in [2.45, 2.75) is 45.3 Å². The van der Waals surface area contributed by atoms with Gasteiger partial charge in [-0.15, -0.1) is 0 Å². The van der Waals surface area contributed by atoms with Gasteiger partial charge in [0.1, 0.15) is 37.3 Å². The maximum absolute atomic E-state index is 14.0. The van der Waals surface area contributed by atoms with Gasteiger partial charge >= 0.3 is 0 Å². The highest BCUT2D eigenvalue weighted by Crippen LogP contribution is 2.20. The molecule has 4 aromatic carbocycles. The van der Waals surface area contributed by atoms with Gasteiger partial charge in [-0.25, -0.2) is 0 Å². The number of carbonyl (C=O) groups is 5. The van der Waals surface area contributed by atoms with E-state index in [0.29, 0.717) is 12.2 Å². The van der Waals surface area contributed by atoms with E-state index in [2.05, 4.69) is 16.0 Å². The third-order valence-corrected chi connectivity index (χ3v) is 8.95. The Morgan fingerprint density at radius 1 is 0.833 bits per heavy atom. The molecular weight excluding hydrogens is 686 g/mol. The summed E-state index contributed by atoms with van der Waals surface area (Å²) in [7, 11) is 1.50. The number of hydrogen-bond donors (Lipinski definition) is 3. The quantitative estimate of drug-likeness (QED) is 0.223. The molecule has 5 amide bonds. The molecule has 3 N–H and O–H groups in total. The van der Waals surface area contributed by atoms with Gasteiger partial charge in [0.15, 0.2) is 0 Å². The Kier molecular flexibility index (Phi) is 13.8. The zero-order valence-corrected chi connectivity index (χ0v) is 30.9. The molecule has 12 heteroatoms. The summed E-state index contributed by atoms with van der Waals surface area (Å²) < 4.78 is 12.0. The normalized spacial score (nSPS) is 17.4. The second-order valence-corrected chi connectivity index (χ2v) is 13.4. The molecule has 0 spiro atoms. The molecule has 0 radical (unpaired) electrons. The summed E-state index contributed by atoms with van der Waals surface area (Å²) in [5, 5.41) is 8.51. The average molecular weight is 734 g/mol. The van der Waals surface area contributed by atoms with Crippen LogP contribution in [0.15, 0.2) is 103 Å². The van der Waals surface area contributed by atoms with Crippen molar-refractivity contribution in [2.24, 2.45) is 0 Å². The SMILES string of the molecule is Cc1ccc(OCCNC(=O)[C@@H]2CC(=O)N(Cc3ccccc3)CC(=O)N(C)CC(=O)N[C@H](Cc3ccccc3)COc3ccccc3C(=O)N2)c(C)c1. The van der Waals surface area contributed by atoms with Crippen LogP contribution in [0.25, 0.3) is 0 Å². The van der Waals surface area contributed by atoms with E-state index in [1.54, 1.807) is 24.3 Å². The first kappa shape index (κ1) is 39.0. The van der Waals surface area contributed by atoms with Crippen LogP contribution in [0.4, 0.5) is 0 Å². The highest BCUT2D eigenvalue weighted by Gasteiger charge is 2.30. The Hall–Kier alpha value is -6.17. The van der Waals surface area contributed by atoms with E-state index in [4.69, 9.17) is 9.47 Å². The number of hydrogen-bond acceptors (Lipinski definition) is 7. The first-order valence-corrected chi connectivity index (χ1v) is 17.9. The van der Waals surface area contributed by atoms with Gasteiger partial charge in [-0.1, -0.05) is 90.5 Å². The number of ether oxygens (including phenoxy) is 2. The van der Waals surface area contributed by atoms with E-state index in [9.17, 15) is 24.0 Å². The monoisotopic (exact) mass is 733 g/mol. The predicted octanol–water partition coefficient (Wildman–Crippen LogP) is 3.59. The summed E-state index contributed by atoms with van der Waals surface area (Å²) in [6.07, 6.45) is -0.0185. The topological polar surface area (TPSA) is 146 Å². The summed E-state index contributed by atoms with van der Waals surface area (Å²) in [5.41, 5.74) is 3.91. The maximum Gasteiger partial charge on any atom is 0.255 e. The highest BCUT2D eigenvalue weighted by atomic mass is 16.5. The fraction of sp³-hybridized carbons (Fsp3) is 0.310. The van der Waals surface area contributed by atoms with Crippen molar-refractivity contribution in [3.63, 3.8) is 0 Å². The lowest BCUT2D eigenvalue weighted by Crippen LogP contribution is -2.51. The zero-order valence-electron chi connectivity index (χ0n) is 30.9. The van der Waals surface area contributed by atoms with Gasteiger partial charge in [-0.2, -0.15) is 0 Å². The summed E-state index contributed by atoms with van der Waals surface area (Å²) >= 11 is 0. The fourth-order valence-electron chi connectivity index (χ4n) is 6.09. The minimum absolute atomic E-state index is 0.0102. The molecule has 0 bridgehead atoms. The van der Waals surface area contributed by atoms with Crippen molar-refractivity contribution < 1.29 is 33.4 Å².